The van der Waals surface area contributed by atoms with Crippen molar-refractivity contribution in [3.05, 3.63) is 35.8 Å². The first-order chi connectivity index (χ1) is 6.91. The van der Waals surface area contributed by atoms with E-state index in [0.717, 1.165) is 7.11 Å². The number of carbonyl (C=O) groups excluding carboxylic acids is 1. The fraction of sp³-hybridized carbons (Fsp3) is 0.125. The first-order valence-corrected chi connectivity index (χ1v) is 2.57. The van der Waals surface area contributed by atoms with Gasteiger partial charge in [-0.1, -0.05) is 18.1 Å². The summed E-state index contributed by atoms with van der Waals surface area (Å²) in [6, 6.07) is -2.72. The summed E-state index contributed by atoms with van der Waals surface area (Å²) in [6.45, 7) is 0. The van der Waals surface area contributed by atoms with Crippen LogP contribution in [0.3, 0.4) is 0 Å². The van der Waals surface area contributed by atoms with E-state index in [2.05, 4.69) is 4.74 Å². The molecule has 10 heavy (non-hydrogen) atoms. The number of hydrogen-bond donors (Lipinski definition) is 0. The smallest absolute Gasteiger partial charge is 0.337 e. The van der Waals surface area contributed by atoms with E-state index in [9.17, 15) is 4.79 Å². The summed E-state index contributed by atoms with van der Waals surface area (Å²) in [6.07, 6.45) is 0. The van der Waals surface area contributed by atoms with Gasteiger partial charge in [-0.3, -0.25) is 0 Å². The number of ether oxygens (including phenoxy) is 1. The molecule has 0 saturated carbocycles. The summed E-state index contributed by atoms with van der Waals surface area (Å²) in [5.74, 6) is -0.938. The molecule has 0 saturated heterocycles. The molecule has 2 heteroatoms. The van der Waals surface area contributed by atoms with Gasteiger partial charge in [0, 0.05) is 0 Å². The van der Waals surface area contributed by atoms with Gasteiger partial charge in [0.25, 0.3) is 0 Å². The van der Waals surface area contributed by atoms with E-state index in [1.54, 1.807) is 0 Å². The van der Waals surface area contributed by atoms with Crippen LogP contribution in [0.1, 0.15) is 17.2 Å². The highest BCUT2D eigenvalue weighted by molar-refractivity contribution is 5.89. The van der Waals surface area contributed by atoms with Gasteiger partial charge in [0.2, 0.25) is 0 Å². The van der Waals surface area contributed by atoms with E-state index in [1.165, 1.54) is 0 Å². The zero-order valence-electron chi connectivity index (χ0n) is 10.3. The summed E-state index contributed by atoms with van der Waals surface area (Å²) in [7, 11) is 1.09. The van der Waals surface area contributed by atoms with Crippen LogP contribution in [0, 0.1) is 0 Å². The molecular weight excluding hydrogens is 128 g/mol. The quantitative estimate of drug-likeness (QED) is 0.553. The zero-order valence-corrected chi connectivity index (χ0v) is 5.32. The van der Waals surface area contributed by atoms with E-state index in [0.29, 0.717) is 0 Å². The van der Waals surface area contributed by atoms with Crippen molar-refractivity contribution in [3.63, 3.8) is 0 Å². The Morgan fingerprint density at radius 2 is 2.10 bits per heavy atom. The van der Waals surface area contributed by atoms with Crippen molar-refractivity contribution >= 4 is 5.97 Å². The van der Waals surface area contributed by atoms with Crippen molar-refractivity contribution in [3.8, 4) is 0 Å². The van der Waals surface area contributed by atoms with Gasteiger partial charge in [0.15, 0.2) is 0 Å². The van der Waals surface area contributed by atoms with Crippen LogP contribution in [0.25, 0.3) is 0 Å². The highest BCUT2D eigenvalue weighted by Crippen LogP contribution is 1.98. The second-order valence-electron chi connectivity index (χ2n) is 1.49. The highest BCUT2D eigenvalue weighted by Gasteiger charge is 2.00. The van der Waals surface area contributed by atoms with Gasteiger partial charge in [-0.25, -0.2) is 4.79 Å². The second-order valence-corrected chi connectivity index (χ2v) is 1.49. The molecule has 0 aliphatic heterocycles. The second kappa shape index (κ2) is 3.01. The standard InChI is InChI=1S/C8H8O2/c1-10-8(9)7-5-3-2-4-6-7/h2-6H,1H3/i2D,3D,4D,5D,6D. The number of rotatable bonds is 1. The van der Waals surface area contributed by atoms with Crippen molar-refractivity contribution in [1.82, 2.24) is 0 Å². The molecule has 0 atom stereocenters. The predicted molar refractivity (Wildman–Crippen MR) is 37.8 cm³/mol. The van der Waals surface area contributed by atoms with E-state index < -0.39 is 41.7 Å². The predicted octanol–water partition coefficient (Wildman–Crippen LogP) is 1.47. The summed E-state index contributed by atoms with van der Waals surface area (Å²) in [5.41, 5.74) is -0.441. The van der Waals surface area contributed by atoms with Crippen LogP contribution in [0.5, 0.6) is 0 Å². The average molecular weight is 141 g/mol. The lowest BCUT2D eigenvalue weighted by Gasteiger charge is -1.95. The molecule has 1 rings (SSSR count). The van der Waals surface area contributed by atoms with Crippen LogP contribution in [-0.4, -0.2) is 13.1 Å². The summed E-state index contributed by atoms with van der Waals surface area (Å²) in [5, 5.41) is 0. The van der Waals surface area contributed by atoms with Crippen molar-refractivity contribution in [1.29, 1.82) is 0 Å². The van der Waals surface area contributed by atoms with Crippen LogP contribution < -0.4 is 0 Å². The lowest BCUT2D eigenvalue weighted by molar-refractivity contribution is 0.0601. The van der Waals surface area contributed by atoms with Crippen LogP contribution >= 0.6 is 0 Å². The van der Waals surface area contributed by atoms with Crippen molar-refractivity contribution < 1.29 is 16.4 Å². The Morgan fingerprint density at radius 1 is 1.50 bits per heavy atom. The van der Waals surface area contributed by atoms with Crippen molar-refractivity contribution in [2.24, 2.45) is 0 Å². The van der Waals surface area contributed by atoms with Gasteiger partial charge in [-0.15, -0.1) is 0 Å². The van der Waals surface area contributed by atoms with Crippen molar-refractivity contribution in [2.45, 2.75) is 0 Å². The molecule has 0 N–H and O–H groups in total. The summed E-state index contributed by atoms with van der Waals surface area (Å²) >= 11 is 0. The minimum atomic E-state index is -0.938. The van der Waals surface area contributed by atoms with Gasteiger partial charge in [-0.2, -0.15) is 0 Å². The molecule has 0 unspecified atom stereocenters. The normalized spacial score (nSPS) is 15.9. The number of carbonyl (C=O) groups is 1. The summed E-state index contributed by atoms with van der Waals surface area (Å²) < 4.78 is 41.0. The molecule has 0 aliphatic carbocycles. The molecule has 52 valence electrons. The molecule has 0 aromatic heterocycles. The third-order valence-electron chi connectivity index (χ3n) is 0.890. The lowest BCUT2D eigenvalue weighted by Crippen LogP contribution is -1.99. The number of hydrogen-bond acceptors (Lipinski definition) is 2. The maximum absolute atomic E-state index is 11.2. The van der Waals surface area contributed by atoms with Gasteiger partial charge in [-0.05, 0) is 12.1 Å². The number of methoxy groups -OCH3 is 1. The maximum atomic E-state index is 11.2. The topological polar surface area (TPSA) is 26.3 Å². The number of benzene rings is 1. The fourth-order valence-electron chi connectivity index (χ4n) is 0.454. The molecule has 2 nitrogen and oxygen atoms in total. The fourth-order valence-corrected chi connectivity index (χ4v) is 0.454. The molecule has 0 amide bonds. The minimum Gasteiger partial charge on any atom is -0.465 e. The third kappa shape index (κ3) is 1.35. The van der Waals surface area contributed by atoms with Crippen molar-refractivity contribution in [2.75, 3.05) is 7.11 Å². The molecule has 0 aliphatic rings. The van der Waals surface area contributed by atoms with E-state index >= 15 is 0 Å². The molecular formula is C8H8O2. The van der Waals surface area contributed by atoms with Gasteiger partial charge >= 0.3 is 5.97 Å². The molecule has 1 aromatic carbocycles. The van der Waals surface area contributed by atoms with E-state index in [-0.39, 0.29) is 0 Å². The Balaban J connectivity index is 3.60. The molecule has 0 bridgehead atoms. The van der Waals surface area contributed by atoms with Crippen LogP contribution in [0.15, 0.2) is 30.2 Å². The largest absolute Gasteiger partial charge is 0.465 e. The van der Waals surface area contributed by atoms with Crippen LogP contribution in [0.4, 0.5) is 0 Å². The van der Waals surface area contributed by atoms with Gasteiger partial charge in [0.1, 0.15) is 0 Å². The SMILES string of the molecule is [2H]c1c([2H])c([2H])c(C(=O)OC)c([2H])c1[2H]. The first kappa shape index (κ1) is 2.74. The summed E-state index contributed by atoms with van der Waals surface area (Å²) in [4.78, 5) is 11.2. The Morgan fingerprint density at radius 3 is 2.60 bits per heavy atom. The Kier molecular flexibility index (Phi) is 0.826. The molecule has 0 spiro atoms. The third-order valence-corrected chi connectivity index (χ3v) is 0.890. The van der Waals surface area contributed by atoms with Crippen LogP contribution in [-0.2, 0) is 4.74 Å². The average Bonchev–Trinajstić information content (AvgIpc) is 2.23. The molecule has 0 radical (unpaired) electrons. The maximum Gasteiger partial charge on any atom is 0.337 e. The van der Waals surface area contributed by atoms with E-state index in [4.69, 9.17) is 6.85 Å². The molecule has 0 fully saturated rings. The Labute approximate surface area is 66.5 Å². The van der Waals surface area contributed by atoms with E-state index in [1.807, 2.05) is 0 Å². The Bertz CT molecular complexity index is 401. The lowest BCUT2D eigenvalue weighted by atomic mass is 10.2. The zero-order chi connectivity index (χ0) is 11.7. The monoisotopic (exact) mass is 141 g/mol. The van der Waals surface area contributed by atoms with Gasteiger partial charge < -0.3 is 4.74 Å². The van der Waals surface area contributed by atoms with Gasteiger partial charge in [0.05, 0.1) is 19.5 Å². The number of esters is 1. The Hall–Kier alpha value is -1.31. The first-order valence-electron chi connectivity index (χ1n) is 5.07. The minimum absolute atomic E-state index is 0.441. The van der Waals surface area contributed by atoms with Crippen LogP contribution in [0.2, 0.25) is 0 Å². The molecule has 1 aromatic rings. The highest BCUT2D eigenvalue weighted by atomic mass is 16.5. The molecule has 0 heterocycles.